The molecule has 3 rings (SSSR count). The number of aliphatic hydroxyl groups excluding tert-OH is 1. The second kappa shape index (κ2) is 11.7. The predicted molar refractivity (Wildman–Crippen MR) is 115 cm³/mol. The van der Waals surface area contributed by atoms with Crippen LogP contribution in [0.25, 0.3) is 0 Å². The SMILES string of the molecule is CCO.Clc1ccc(CO[C@@H](Cn2ccnc2)c2ccc(Cl)cc2Cl)c(Cl)c1. The van der Waals surface area contributed by atoms with E-state index in [1.807, 2.05) is 22.9 Å². The molecule has 1 heterocycles. The van der Waals surface area contributed by atoms with E-state index in [0.717, 1.165) is 11.1 Å². The van der Waals surface area contributed by atoms with Crippen molar-refractivity contribution in [3.05, 3.63) is 86.3 Å². The third-order valence-corrected chi connectivity index (χ3v) is 4.85. The van der Waals surface area contributed by atoms with Crippen LogP contribution in [0.5, 0.6) is 0 Å². The lowest BCUT2D eigenvalue weighted by Gasteiger charge is -2.21. The maximum Gasteiger partial charge on any atom is 0.102 e. The lowest BCUT2D eigenvalue weighted by Crippen LogP contribution is -2.12. The summed E-state index contributed by atoms with van der Waals surface area (Å²) >= 11 is 24.5. The van der Waals surface area contributed by atoms with Gasteiger partial charge in [0.05, 0.1) is 19.5 Å². The van der Waals surface area contributed by atoms with Gasteiger partial charge < -0.3 is 14.4 Å². The molecule has 0 fully saturated rings. The van der Waals surface area contributed by atoms with Crippen LogP contribution in [0, 0.1) is 0 Å². The summed E-state index contributed by atoms with van der Waals surface area (Å²) in [6, 6.07) is 10.7. The number of hydrogen-bond donors (Lipinski definition) is 1. The minimum atomic E-state index is -0.286. The Balaban J connectivity index is 0.000000878. The van der Waals surface area contributed by atoms with Gasteiger partial charge in [-0.1, -0.05) is 58.5 Å². The summed E-state index contributed by atoms with van der Waals surface area (Å²) in [6.07, 6.45) is 5.03. The average molecular weight is 462 g/mol. The molecule has 0 aliphatic carbocycles. The number of aromatic nitrogens is 2. The number of ether oxygens (including phenoxy) is 1. The highest BCUT2D eigenvalue weighted by atomic mass is 35.5. The number of nitrogens with zero attached hydrogens (tertiary/aromatic N) is 2. The predicted octanol–water partition coefficient (Wildman–Crippen LogP) is 6.45. The van der Waals surface area contributed by atoms with Crippen molar-refractivity contribution in [2.75, 3.05) is 6.61 Å². The summed E-state index contributed by atoms with van der Waals surface area (Å²) in [7, 11) is 0. The Morgan fingerprint density at radius 2 is 1.68 bits per heavy atom. The molecule has 0 saturated carbocycles. The molecular formula is C20H20Cl4N2O2. The minimum absolute atomic E-state index is 0.250. The Morgan fingerprint density at radius 1 is 1.04 bits per heavy atom. The maximum absolute atomic E-state index is 7.57. The third-order valence-electron chi connectivity index (χ3n) is 3.70. The molecule has 28 heavy (non-hydrogen) atoms. The van der Waals surface area contributed by atoms with Crippen LogP contribution in [0.4, 0.5) is 0 Å². The van der Waals surface area contributed by atoms with Gasteiger partial charge in [-0.2, -0.15) is 0 Å². The quantitative estimate of drug-likeness (QED) is 0.458. The maximum atomic E-state index is 7.57. The number of benzene rings is 2. The first-order chi connectivity index (χ1) is 13.4. The van der Waals surface area contributed by atoms with Crippen LogP contribution >= 0.6 is 46.4 Å². The van der Waals surface area contributed by atoms with Crippen molar-refractivity contribution in [1.29, 1.82) is 0 Å². The summed E-state index contributed by atoms with van der Waals surface area (Å²) in [5.74, 6) is 0. The number of aliphatic hydroxyl groups is 1. The highest BCUT2D eigenvalue weighted by Gasteiger charge is 2.17. The van der Waals surface area contributed by atoms with Gasteiger partial charge in [-0.25, -0.2) is 4.98 Å². The zero-order valence-electron chi connectivity index (χ0n) is 15.2. The molecule has 2 aromatic carbocycles. The van der Waals surface area contributed by atoms with Crippen LogP contribution in [0.3, 0.4) is 0 Å². The zero-order valence-corrected chi connectivity index (χ0v) is 18.2. The van der Waals surface area contributed by atoms with Crippen LogP contribution in [-0.4, -0.2) is 21.3 Å². The van der Waals surface area contributed by atoms with Crippen molar-refractivity contribution in [3.8, 4) is 0 Å². The van der Waals surface area contributed by atoms with E-state index in [0.29, 0.717) is 33.2 Å². The molecule has 3 aromatic rings. The fourth-order valence-corrected chi connectivity index (χ4v) is 3.41. The molecule has 0 bridgehead atoms. The fraction of sp³-hybridized carbons (Fsp3) is 0.250. The average Bonchev–Trinajstić information content (AvgIpc) is 3.14. The Hall–Kier alpha value is -1.27. The van der Waals surface area contributed by atoms with E-state index >= 15 is 0 Å². The van der Waals surface area contributed by atoms with Crippen LogP contribution in [0.1, 0.15) is 24.2 Å². The normalized spacial score (nSPS) is 11.6. The van der Waals surface area contributed by atoms with Gasteiger partial charge in [-0.15, -0.1) is 0 Å². The van der Waals surface area contributed by atoms with Gasteiger partial charge in [0, 0.05) is 44.7 Å². The monoisotopic (exact) mass is 460 g/mol. The molecule has 0 aliphatic heterocycles. The molecule has 0 amide bonds. The summed E-state index contributed by atoms with van der Waals surface area (Å²) in [5, 5.41) is 9.86. The van der Waals surface area contributed by atoms with Crippen LogP contribution in [0.15, 0.2) is 55.1 Å². The summed E-state index contributed by atoms with van der Waals surface area (Å²) in [4.78, 5) is 4.07. The van der Waals surface area contributed by atoms with Gasteiger partial charge in [-0.05, 0) is 36.8 Å². The molecule has 150 valence electrons. The van der Waals surface area contributed by atoms with Gasteiger partial charge in [0.1, 0.15) is 6.10 Å². The van der Waals surface area contributed by atoms with Crippen molar-refractivity contribution in [3.63, 3.8) is 0 Å². The van der Waals surface area contributed by atoms with Crippen LogP contribution < -0.4 is 0 Å². The van der Waals surface area contributed by atoms with Gasteiger partial charge in [0.2, 0.25) is 0 Å². The zero-order chi connectivity index (χ0) is 20.5. The topological polar surface area (TPSA) is 47.3 Å². The molecule has 0 unspecified atom stereocenters. The molecule has 1 atom stereocenters. The molecule has 1 N–H and O–H groups in total. The van der Waals surface area contributed by atoms with Crippen molar-refractivity contribution in [1.82, 2.24) is 9.55 Å². The fourth-order valence-electron chi connectivity index (χ4n) is 2.42. The Bertz CT molecular complexity index is 873. The second-order valence-electron chi connectivity index (χ2n) is 5.78. The largest absolute Gasteiger partial charge is 0.397 e. The molecule has 0 spiro atoms. The Kier molecular flexibility index (Phi) is 9.59. The van der Waals surface area contributed by atoms with Crippen molar-refractivity contribution < 1.29 is 9.84 Å². The number of rotatable bonds is 6. The van der Waals surface area contributed by atoms with E-state index in [1.54, 1.807) is 43.7 Å². The van der Waals surface area contributed by atoms with E-state index in [-0.39, 0.29) is 12.7 Å². The molecule has 8 heteroatoms. The molecule has 0 aliphatic rings. The first kappa shape index (κ1) is 23.0. The van der Waals surface area contributed by atoms with Crippen molar-refractivity contribution in [2.24, 2.45) is 0 Å². The summed E-state index contributed by atoms with van der Waals surface area (Å²) in [5.41, 5.74) is 1.71. The van der Waals surface area contributed by atoms with Gasteiger partial charge in [-0.3, -0.25) is 0 Å². The number of halogens is 4. The number of imidazole rings is 1. The Morgan fingerprint density at radius 3 is 2.25 bits per heavy atom. The summed E-state index contributed by atoms with van der Waals surface area (Å²) in [6.45, 7) is 2.82. The van der Waals surface area contributed by atoms with Crippen molar-refractivity contribution >= 4 is 46.4 Å². The van der Waals surface area contributed by atoms with E-state index in [1.165, 1.54) is 0 Å². The lowest BCUT2D eigenvalue weighted by atomic mass is 10.1. The smallest absolute Gasteiger partial charge is 0.102 e. The van der Waals surface area contributed by atoms with Crippen LogP contribution in [-0.2, 0) is 17.9 Å². The molecular weight excluding hydrogens is 442 g/mol. The highest BCUT2D eigenvalue weighted by Crippen LogP contribution is 2.31. The standard InChI is InChI=1S/C18H14Cl4N2O.C2H6O/c19-13-2-1-12(16(21)7-13)10-25-18(9-24-6-5-23-11-24)15-4-3-14(20)8-17(15)22;1-2-3/h1-8,11,18H,9-10H2;3H,2H2,1H3/t18-;/m0./s1. The molecule has 4 nitrogen and oxygen atoms in total. The Labute approximate surface area is 184 Å². The first-order valence-corrected chi connectivity index (χ1v) is 10.0. The lowest BCUT2D eigenvalue weighted by molar-refractivity contribution is 0.0281. The van der Waals surface area contributed by atoms with Gasteiger partial charge >= 0.3 is 0 Å². The van der Waals surface area contributed by atoms with Gasteiger partial charge in [0.25, 0.3) is 0 Å². The molecule has 1 aromatic heterocycles. The van der Waals surface area contributed by atoms with E-state index < -0.39 is 0 Å². The van der Waals surface area contributed by atoms with E-state index in [4.69, 9.17) is 56.2 Å². The molecule has 0 radical (unpaired) electrons. The molecule has 0 saturated heterocycles. The van der Waals surface area contributed by atoms with E-state index in [9.17, 15) is 0 Å². The van der Waals surface area contributed by atoms with Gasteiger partial charge in [0.15, 0.2) is 0 Å². The highest BCUT2D eigenvalue weighted by molar-refractivity contribution is 6.35. The number of hydrogen-bond acceptors (Lipinski definition) is 3. The minimum Gasteiger partial charge on any atom is -0.397 e. The second-order valence-corrected chi connectivity index (χ2v) is 7.46. The first-order valence-electron chi connectivity index (χ1n) is 8.51. The summed E-state index contributed by atoms with van der Waals surface area (Å²) < 4.78 is 8.05. The van der Waals surface area contributed by atoms with Crippen LogP contribution in [0.2, 0.25) is 20.1 Å². The van der Waals surface area contributed by atoms with E-state index in [2.05, 4.69) is 4.98 Å². The third kappa shape index (κ3) is 6.96. The van der Waals surface area contributed by atoms with Crippen molar-refractivity contribution in [2.45, 2.75) is 26.2 Å².